The van der Waals surface area contributed by atoms with Crippen LogP contribution in [0.15, 0.2) is 76.7 Å². The second-order valence-electron chi connectivity index (χ2n) is 19.2. The minimum Gasteiger partial charge on any atom is -0.493 e. The topological polar surface area (TPSA) is 273 Å². The maximum atomic E-state index is 15.0. The Labute approximate surface area is 447 Å². The van der Waals surface area contributed by atoms with Gasteiger partial charge in [0.2, 0.25) is 17.7 Å². The number of methoxy groups -OCH3 is 2. The van der Waals surface area contributed by atoms with Crippen LogP contribution < -0.4 is 40.0 Å². The largest absolute Gasteiger partial charge is 0.493 e. The fourth-order valence-electron chi connectivity index (χ4n) is 9.50. The van der Waals surface area contributed by atoms with Crippen molar-refractivity contribution >= 4 is 78.2 Å². The van der Waals surface area contributed by atoms with Crippen LogP contribution in [0, 0.1) is 0 Å². The molecule has 2 saturated heterocycles. The zero-order valence-electron chi connectivity index (χ0n) is 43.1. The highest BCUT2D eigenvalue weighted by molar-refractivity contribution is 7.62. The van der Waals surface area contributed by atoms with E-state index in [1.165, 1.54) is 67.6 Å². The predicted molar refractivity (Wildman–Crippen MR) is 280 cm³/mol. The van der Waals surface area contributed by atoms with Crippen LogP contribution in [0.1, 0.15) is 58.9 Å². The summed E-state index contributed by atoms with van der Waals surface area (Å²) in [5.41, 5.74) is 1.57. The average Bonchev–Trinajstić information content (AvgIpc) is 4.09. The molecule has 22 nitrogen and oxygen atoms in total. The number of hydrogen-bond acceptors (Lipinski definition) is 15. The van der Waals surface area contributed by atoms with Crippen molar-refractivity contribution in [1.29, 1.82) is 0 Å². The molecular formula is C53H60F2N9O13P. The zero-order chi connectivity index (χ0) is 55.7. The molecule has 5 aliphatic heterocycles. The number of nitrogens with zero attached hydrogens (tertiary/aromatic N) is 5. The van der Waals surface area contributed by atoms with Gasteiger partial charge in [-0.3, -0.25) is 58.3 Å². The lowest BCUT2D eigenvalue weighted by molar-refractivity contribution is -0.137. The van der Waals surface area contributed by atoms with Gasteiger partial charge in [0.25, 0.3) is 23.6 Å². The van der Waals surface area contributed by atoms with Crippen molar-refractivity contribution < 1.29 is 70.6 Å². The Morgan fingerprint density at radius 2 is 1.27 bits per heavy atom. The Bertz CT molecular complexity index is 2850. The van der Waals surface area contributed by atoms with Crippen LogP contribution in [-0.4, -0.2) is 183 Å². The first kappa shape index (κ1) is 56.4. The number of carbonyl (C=O) groups excluding carboxylic acids is 8. The van der Waals surface area contributed by atoms with Crippen LogP contribution >= 0.6 is 7.29 Å². The Kier molecular flexibility index (Phi) is 18.1. The summed E-state index contributed by atoms with van der Waals surface area (Å²) in [5.74, 6) is -3.59. The summed E-state index contributed by atoms with van der Waals surface area (Å²) >= 11 is 0. The molecule has 0 radical (unpaired) electrons. The summed E-state index contributed by atoms with van der Waals surface area (Å²) in [5, 5.41) is 10.8. The van der Waals surface area contributed by atoms with E-state index in [9.17, 15) is 47.1 Å². The lowest BCUT2D eigenvalue weighted by Gasteiger charge is -2.24. The summed E-state index contributed by atoms with van der Waals surface area (Å²) in [4.78, 5) is 116. The van der Waals surface area contributed by atoms with Gasteiger partial charge in [0.1, 0.15) is 18.4 Å². The number of fused-ring (bicyclic) bond motifs is 4. The monoisotopic (exact) mass is 1100 g/mol. The normalized spacial score (nSPS) is 20.0. The quantitative estimate of drug-likeness (QED) is 0.0701. The number of nitrogens with one attached hydrogen (secondary N) is 4. The molecule has 2 fully saturated rings. The molecule has 0 saturated carbocycles. The van der Waals surface area contributed by atoms with E-state index in [-0.39, 0.29) is 129 Å². The van der Waals surface area contributed by atoms with Gasteiger partial charge in [-0.2, -0.15) is 0 Å². The van der Waals surface area contributed by atoms with Gasteiger partial charge < -0.3 is 49.3 Å². The van der Waals surface area contributed by atoms with E-state index in [2.05, 4.69) is 31.0 Å². The number of aliphatic imine (C=N–C) groups is 2. The van der Waals surface area contributed by atoms with Gasteiger partial charge in [0, 0.05) is 94.2 Å². The highest BCUT2D eigenvalue weighted by Crippen LogP contribution is 2.44. The molecule has 0 spiro atoms. The van der Waals surface area contributed by atoms with Gasteiger partial charge in [0.05, 0.1) is 87.7 Å². The molecular weight excluding hydrogens is 1040 g/mol. The van der Waals surface area contributed by atoms with Gasteiger partial charge in [-0.1, -0.05) is 30.3 Å². The van der Waals surface area contributed by atoms with Crippen molar-refractivity contribution in [3.8, 4) is 23.0 Å². The number of halogens is 2. The third kappa shape index (κ3) is 13.6. The molecule has 6 atom stereocenters. The average molecular weight is 1100 g/mol. The molecule has 0 bridgehead atoms. The van der Waals surface area contributed by atoms with Crippen molar-refractivity contribution in [3.63, 3.8) is 0 Å². The van der Waals surface area contributed by atoms with Crippen LogP contribution in [0.2, 0.25) is 0 Å². The number of ketones is 1. The fourth-order valence-corrected chi connectivity index (χ4v) is 11.2. The highest BCUT2D eigenvalue weighted by Gasteiger charge is 2.39. The summed E-state index contributed by atoms with van der Waals surface area (Å²) in [6.07, 6.45) is 2.39. The van der Waals surface area contributed by atoms with Crippen LogP contribution in [-0.2, 0) is 39.8 Å². The van der Waals surface area contributed by atoms with Crippen molar-refractivity contribution in [2.45, 2.75) is 75.5 Å². The number of carbonyl (C=O) groups is 8. The maximum Gasteiger partial charge on any atom is 0.256 e. The highest BCUT2D eigenvalue weighted by atomic mass is 31.2. The molecule has 78 heavy (non-hydrogen) atoms. The molecule has 0 aliphatic carbocycles. The first-order valence-corrected chi connectivity index (χ1v) is 27.5. The molecule has 25 heteroatoms. The van der Waals surface area contributed by atoms with Gasteiger partial charge in [-0.15, -0.1) is 0 Å². The summed E-state index contributed by atoms with van der Waals surface area (Å²) < 4.78 is 67.0. The molecule has 5 aliphatic rings. The predicted octanol–water partition coefficient (Wildman–Crippen LogP) is 3.19. The van der Waals surface area contributed by atoms with E-state index >= 15 is 4.57 Å². The number of benzene rings is 3. The Morgan fingerprint density at radius 3 is 1.79 bits per heavy atom. The molecule has 0 aromatic heterocycles. The maximum absolute atomic E-state index is 15.0. The van der Waals surface area contributed by atoms with Gasteiger partial charge in [-0.25, -0.2) is 8.78 Å². The molecule has 0 unspecified atom stereocenters. The van der Waals surface area contributed by atoms with E-state index < -0.39 is 97.5 Å². The molecule has 5 heterocycles. The lowest BCUT2D eigenvalue weighted by atomic mass is 10.0. The van der Waals surface area contributed by atoms with E-state index in [0.717, 1.165) is 17.1 Å². The minimum absolute atomic E-state index is 0.00683. The SMILES string of the molecule is COc1cc2c(cc1OCCP(=O)(CCOc1cc3c(cc1OC)C(=O)N1C[C@H](F)C[C@H]1C=N3)NCC(=O)N[C@@H](Cc1ccccc1)C(=O)N[C@@H](C)C(=O)CCNC(=O)CCN1C(=O)C=CC1=O)N=C[C@@H]1C[C@@H](F)CN1C2=O. The standard InChI is InChI=1S/C53H60F2N9O13P/c1-31(42(65)11-13-56-47(66)12-14-62-49(68)9-10-50(62)69)60-51(70)41(19-32-7-5-4-6-8-32)61-48(67)28-59-78(73,17-15-76-45-24-39-37(22-43(45)74-2)52(71)63-29-33(54)20-35(63)26-57-39)18-16-77-46-25-40-38(23-44(46)75-3)53(72)64-30-34(55)21-36(64)27-58-40/h4-10,22-27,31,33-36,41H,11-21,28-30H2,1-3H3,(H,56,66)(H,59,73)(H,60,70)(H,61,67)/t31-,33+,34+,35-,36-,41-/m0/s1. The number of ether oxygens (including phenoxy) is 4. The van der Waals surface area contributed by atoms with Crippen molar-refractivity contribution in [3.05, 3.63) is 83.4 Å². The molecule has 414 valence electrons. The second-order valence-corrected chi connectivity index (χ2v) is 22.2. The second kappa shape index (κ2) is 25.1. The van der Waals surface area contributed by atoms with E-state index in [1.54, 1.807) is 30.3 Å². The molecule has 4 N–H and O–H groups in total. The lowest BCUT2D eigenvalue weighted by Crippen LogP contribution is -2.53. The van der Waals surface area contributed by atoms with Crippen LogP contribution in [0.25, 0.3) is 0 Å². The van der Waals surface area contributed by atoms with E-state index in [4.69, 9.17) is 18.9 Å². The number of alkyl halides is 2. The van der Waals surface area contributed by atoms with Crippen molar-refractivity contribution in [2.24, 2.45) is 9.98 Å². The molecule has 3 aromatic rings. The first-order chi connectivity index (χ1) is 37.4. The Balaban J connectivity index is 0.934. The third-order valence-electron chi connectivity index (χ3n) is 13.8. The number of imide groups is 1. The molecule has 8 rings (SSSR count). The van der Waals surface area contributed by atoms with Crippen LogP contribution in [0.5, 0.6) is 23.0 Å². The fraction of sp³-hybridized carbons (Fsp3) is 0.434. The van der Waals surface area contributed by atoms with Gasteiger partial charge >= 0.3 is 0 Å². The Morgan fingerprint density at radius 1 is 0.731 bits per heavy atom. The molecule has 3 aromatic carbocycles. The number of Topliss-reactive ketones (excluding diaryl/α,β-unsaturated/α-hetero) is 1. The zero-order valence-corrected chi connectivity index (χ0v) is 44.0. The summed E-state index contributed by atoms with van der Waals surface area (Å²) in [6.45, 7) is 0.0954. The summed E-state index contributed by atoms with van der Waals surface area (Å²) in [6, 6.07) is 11.4. The van der Waals surface area contributed by atoms with Crippen molar-refractivity contribution in [1.82, 2.24) is 35.7 Å². The van der Waals surface area contributed by atoms with Crippen LogP contribution in [0.3, 0.4) is 0 Å². The third-order valence-corrected chi connectivity index (χ3v) is 16.3. The summed E-state index contributed by atoms with van der Waals surface area (Å²) in [7, 11) is -0.972. The minimum atomic E-state index is -3.72. The van der Waals surface area contributed by atoms with E-state index in [1.807, 2.05) is 0 Å². The molecule has 7 amide bonds. The van der Waals surface area contributed by atoms with Gasteiger partial charge in [-0.05, 0) is 24.6 Å². The van der Waals surface area contributed by atoms with Gasteiger partial charge in [0.15, 0.2) is 36.1 Å². The number of hydrogen-bond donors (Lipinski definition) is 4. The Hall–Kier alpha value is -7.85. The van der Waals surface area contributed by atoms with Crippen molar-refractivity contribution in [2.75, 3.05) is 72.5 Å². The number of rotatable bonds is 25. The smallest absolute Gasteiger partial charge is 0.256 e. The van der Waals surface area contributed by atoms with E-state index in [0.29, 0.717) is 5.56 Å². The van der Waals surface area contributed by atoms with Crippen LogP contribution in [0.4, 0.5) is 20.2 Å². The first-order valence-electron chi connectivity index (χ1n) is 25.4. The number of amides is 7.